The number of pyridine rings is 1. The summed E-state index contributed by atoms with van der Waals surface area (Å²) in [6, 6.07) is 3.73. The van der Waals surface area contributed by atoms with Crippen molar-refractivity contribution in [3.63, 3.8) is 0 Å². The predicted octanol–water partition coefficient (Wildman–Crippen LogP) is 1.52. The first-order valence-electron chi connectivity index (χ1n) is 5.72. The molecular weight excluding hydrogens is 230 g/mol. The molecule has 0 aromatic carbocycles. The van der Waals surface area contributed by atoms with E-state index in [1.807, 2.05) is 26.0 Å². The van der Waals surface area contributed by atoms with E-state index < -0.39 is 6.10 Å². The van der Waals surface area contributed by atoms with Gasteiger partial charge >= 0.3 is 0 Å². The zero-order chi connectivity index (χ0) is 13.3. The molecule has 96 valence electrons. The summed E-state index contributed by atoms with van der Waals surface area (Å²) in [7, 11) is 3.36. The summed E-state index contributed by atoms with van der Waals surface area (Å²) in [4.78, 5) is 4.19. The van der Waals surface area contributed by atoms with Gasteiger partial charge in [0.15, 0.2) is 0 Å². The maximum absolute atomic E-state index is 10.4. The molecule has 5 nitrogen and oxygen atoms in total. The van der Waals surface area contributed by atoms with Gasteiger partial charge in [-0.1, -0.05) is 6.07 Å². The number of aliphatic hydroxyl groups excluding tert-OH is 1. The maximum atomic E-state index is 10.4. The fourth-order valence-corrected chi connectivity index (χ4v) is 2.02. The zero-order valence-electron chi connectivity index (χ0n) is 11.0. The van der Waals surface area contributed by atoms with E-state index in [1.54, 1.807) is 25.0 Å². The van der Waals surface area contributed by atoms with E-state index in [9.17, 15) is 5.11 Å². The molecule has 1 unspecified atom stereocenters. The van der Waals surface area contributed by atoms with Gasteiger partial charge in [0.25, 0.3) is 0 Å². The smallest absolute Gasteiger partial charge is 0.217 e. The Bertz CT molecular complexity index is 546. The summed E-state index contributed by atoms with van der Waals surface area (Å²) in [6.07, 6.45) is 0.896. The molecule has 18 heavy (non-hydrogen) atoms. The van der Waals surface area contributed by atoms with Gasteiger partial charge in [-0.25, -0.2) is 4.68 Å². The largest absolute Gasteiger partial charge is 0.481 e. The van der Waals surface area contributed by atoms with Gasteiger partial charge in [0, 0.05) is 24.5 Å². The van der Waals surface area contributed by atoms with Crippen LogP contribution in [-0.2, 0) is 7.05 Å². The molecule has 1 atom stereocenters. The second-order valence-corrected chi connectivity index (χ2v) is 4.27. The van der Waals surface area contributed by atoms with Gasteiger partial charge < -0.3 is 9.84 Å². The number of aliphatic hydroxyl groups is 1. The van der Waals surface area contributed by atoms with E-state index in [0.29, 0.717) is 11.4 Å². The number of hydrogen-bond acceptors (Lipinski definition) is 4. The van der Waals surface area contributed by atoms with E-state index in [2.05, 4.69) is 10.1 Å². The van der Waals surface area contributed by atoms with Crippen LogP contribution < -0.4 is 4.74 Å². The van der Waals surface area contributed by atoms with Crippen molar-refractivity contribution in [2.75, 3.05) is 7.11 Å². The van der Waals surface area contributed by atoms with Crippen molar-refractivity contribution >= 4 is 0 Å². The van der Waals surface area contributed by atoms with E-state index in [4.69, 9.17) is 4.74 Å². The van der Waals surface area contributed by atoms with Crippen LogP contribution in [-0.4, -0.2) is 27.0 Å². The predicted molar refractivity (Wildman–Crippen MR) is 67.5 cm³/mol. The van der Waals surface area contributed by atoms with Crippen molar-refractivity contribution in [1.29, 1.82) is 0 Å². The third-order valence-electron chi connectivity index (χ3n) is 2.93. The normalized spacial score (nSPS) is 12.5. The standard InChI is InChI=1S/C13H17N3O2/c1-8-5-6-10(7-14-8)12(17)11-9(2)15-16(3)13(11)18-4/h5-7,12,17H,1-4H3. The van der Waals surface area contributed by atoms with E-state index >= 15 is 0 Å². The van der Waals surface area contributed by atoms with Gasteiger partial charge in [-0.05, 0) is 19.9 Å². The average molecular weight is 247 g/mol. The Kier molecular flexibility index (Phi) is 3.34. The molecule has 0 spiro atoms. The molecule has 1 N–H and O–H groups in total. The van der Waals surface area contributed by atoms with E-state index in [0.717, 1.165) is 17.0 Å². The Morgan fingerprint density at radius 2 is 2.06 bits per heavy atom. The minimum atomic E-state index is -0.776. The topological polar surface area (TPSA) is 60.2 Å². The maximum Gasteiger partial charge on any atom is 0.217 e. The van der Waals surface area contributed by atoms with Gasteiger partial charge in [-0.15, -0.1) is 0 Å². The van der Waals surface area contributed by atoms with Crippen LogP contribution in [0.25, 0.3) is 0 Å². The molecule has 0 bridgehead atoms. The molecule has 0 radical (unpaired) electrons. The highest BCUT2D eigenvalue weighted by atomic mass is 16.5. The number of methoxy groups -OCH3 is 1. The fraction of sp³-hybridized carbons (Fsp3) is 0.385. The molecule has 0 saturated carbocycles. The molecule has 5 heteroatoms. The molecule has 2 heterocycles. The quantitative estimate of drug-likeness (QED) is 0.893. The minimum absolute atomic E-state index is 0.570. The van der Waals surface area contributed by atoms with Crippen LogP contribution in [0.3, 0.4) is 0 Å². The number of nitrogens with zero attached hydrogens (tertiary/aromatic N) is 3. The molecule has 0 saturated heterocycles. The SMILES string of the molecule is COc1c(C(O)c2ccc(C)nc2)c(C)nn1C. The molecule has 2 aromatic heterocycles. The van der Waals surface area contributed by atoms with Gasteiger partial charge in [0.1, 0.15) is 6.10 Å². The summed E-state index contributed by atoms with van der Waals surface area (Å²) < 4.78 is 6.90. The van der Waals surface area contributed by atoms with Crippen molar-refractivity contribution in [1.82, 2.24) is 14.8 Å². The van der Waals surface area contributed by atoms with E-state index in [-0.39, 0.29) is 0 Å². The number of hydrogen-bond donors (Lipinski definition) is 1. The lowest BCUT2D eigenvalue weighted by atomic mass is 10.0. The molecule has 0 aliphatic rings. The number of ether oxygens (including phenoxy) is 1. The molecule has 0 aliphatic carbocycles. The summed E-state index contributed by atoms with van der Waals surface area (Å²) in [6.45, 7) is 3.76. The third kappa shape index (κ3) is 2.09. The molecule has 2 aromatic rings. The molecule has 2 rings (SSSR count). The second kappa shape index (κ2) is 4.78. The highest BCUT2D eigenvalue weighted by molar-refractivity contribution is 5.38. The van der Waals surface area contributed by atoms with Crippen molar-refractivity contribution in [2.24, 2.45) is 7.05 Å². The Balaban J connectivity index is 2.45. The molecule has 0 fully saturated rings. The van der Waals surface area contributed by atoms with Crippen LogP contribution in [0, 0.1) is 13.8 Å². The van der Waals surface area contributed by atoms with Gasteiger partial charge in [0.2, 0.25) is 5.88 Å². The monoisotopic (exact) mass is 247 g/mol. The van der Waals surface area contributed by atoms with Crippen molar-refractivity contribution in [3.8, 4) is 5.88 Å². The first-order valence-corrected chi connectivity index (χ1v) is 5.72. The molecule has 0 aliphatic heterocycles. The summed E-state index contributed by atoms with van der Waals surface area (Å²) in [5.41, 5.74) is 3.09. The summed E-state index contributed by atoms with van der Waals surface area (Å²) >= 11 is 0. The van der Waals surface area contributed by atoms with Crippen molar-refractivity contribution in [3.05, 3.63) is 40.8 Å². The lowest BCUT2D eigenvalue weighted by molar-refractivity contribution is 0.212. The fourth-order valence-electron chi connectivity index (χ4n) is 2.02. The lowest BCUT2D eigenvalue weighted by Gasteiger charge is -2.12. The van der Waals surface area contributed by atoms with Crippen LogP contribution in [0.2, 0.25) is 0 Å². The molecular formula is C13H17N3O2. The Labute approximate surface area is 106 Å². The third-order valence-corrected chi connectivity index (χ3v) is 2.93. The van der Waals surface area contributed by atoms with Crippen LogP contribution in [0.4, 0.5) is 0 Å². The lowest BCUT2D eigenvalue weighted by Crippen LogP contribution is -2.04. The Morgan fingerprint density at radius 1 is 1.33 bits per heavy atom. The Morgan fingerprint density at radius 3 is 2.61 bits per heavy atom. The highest BCUT2D eigenvalue weighted by Crippen LogP contribution is 2.31. The van der Waals surface area contributed by atoms with Crippen LogP contribution in [0.1, 0.15) is 28.6 Å². The van der Waals surface area contributed by atoms with Gasteiger partial charge in [0.05, 0.1) is 18.4 Å². The zero-order valence-corrected chi connectivity index (χ0v) is 11.0. The van der Waals surface area contributed by atoms with Crippen molar-refractivity contribution < 1.29 is 9.84 Å². The van der Waals surface area contributed by atoms with Crippen LogP contribution in [0.15, 0.2) is 18.3 Å². The first kappa shape index (κ1) is 12.6. The highest BCUT2D eigenvalue weighted by Gasteiger charge is 2.22. The minimum Gasteiger partial charge on any atom is -0.481 e. The van der Waals surface area contributed by atoms with Crippen LogP contribution >= 0.6 is 0 Å². The number of rotatable bonds is 3. The van der Waals surface area contributed by atoms with Gasteiger partial charge in [-0.2, -0.15) is 5.10 Å². The van der Waals surface area contributed by atoms with Crippen molar-refractivity contribution in [2.45, 2.75) is 20.0 Å². The number of aryl methyl sites for hydroxylation is 3. The first-order chi connectivity index (χ1) is 8.54. The average Bonchev–Trinajstić information content (AvgIpc) is 2.63. The Hall–Kier alpha value is -1.88. The summed E-state index contributed by atoms with van der Waals surface area (Å²) in [5, 5.41) is 14.7. The van der Waals surface area contributed by atoms with Crippen LogP contribution in [0.5, 0.6) is 5.88 Å². The van der Waals surface area contributed by atoms with E-state index in [1.165, 1.54) is 0 Å². The summed E-state index contributed by atoms with van der Waals surface area (Å²) in [5.74, 6) is 0.570. The molecule has 0 amide bonds. The second-order valence-electron chi connectivity index (χ2n) is 4.27. The van der Waals surface area contributed by atoms with Gasteiger partial charge in [-0.3, -0.25) is 4.98 Å². The number of aromatic nitrogens is 3.